The van der Waals surface area contributed by atoms with Gasteiger partial charge in [-0.2, -0.15) is 0 Å². The molecule has 1 heterocycles. The van der Waals surface area contributed by atoms with E-state index in [0.717, 1.165) is 5.57 Å². The standard InChI is InChI=1S/C14H21N5O4/c15-14(16)19-5-1-2-10(12(20)21)17-6-3-9-4-7-18-11(8-9)13(22)23/h3,6,8,10,18H,1-2,4-5,7H2,(H,20,21)(H,22,23)(H4,15,16,19). The Morgan fingerprint density at radius 2 is 2.13 bits per heavy atom. The maximum Gasteiger partial charge on any atom is 0.351 e. The van der Waals surface area contributed by atoms with E-state index in [4.69, 9.17) is 21.7 Å². The second kappa shape index (κ2) is 9.23. The topological polar surface area (TPSA) is 163 Å². The van der Waals surface area contributed by atoms with Crippen LogP contribution >= 0.6 is 0 Å². The van der Waals surface area contributed by atoms with Crippen molar-refractivity contribution in [2.45, 2.75) is 25.3 Å². The molecule has 1 aliphatic rings. The Morgan fingerprint density at radius 3 is 2.74 bits per heavy atom. The molecule has 23 heavy (non-hydrogen) atoms. The minimum Gasteiger partial charge on any atom is -0.480 e. The summed E-state index contributed by atoms with van der Waals surface area (Å²) in [4.78, 5) is 29.8. The first-order valence-electron chi connectivity index (χ1n) is 7.09. The highest BCUT2D eigenvalue weighted by atomic mass is 16.4. The van der Waals surface area contributed by atoms with Crippen molar-refractivity contribution in [3.8, 4) is 0 Å². The van der Waals surface area contributed by atoms with Crippen molar-refractivity contribution in [1.29, 1.82) is 0 Å². The number of allylic oxidation sites excluding steroid dienone is 2. The van der Waals surface area contributed by atoms with Gasteiger partial charge in [-0.25, -0.2) is 9.59 Å². The summed E-state index contributed by atoms with van der Waals surface area (Å²) in [6.45, 7) is 0.859. The summed E-state index contributed by atoms with van der Waals surface area (Å²) >= 11 is 0. The van der Waals surface area contributed by atoms with Crippen LogP contribution in [0.25, 0.3) is 0 Å². The highest BCUT2D eigenvalue weighted by Gasteiger charge is 2.15. The number of nitrogens with two attached hydrogens (primary N) is 2. The SMILES string of the molecule is NC(N)=NCCCC(N=CC=C1C=C(C(=O)O)NCC1)C(=O)O. The van der Waals surface area contributed by atoms with Gasteiger partial charge >= 0.3 is 11.9 Å². The Balaban J connectivity index is 2.62. The van der Waals surface area contributed by atoms with Crippen molar-refractivity contribution in [3.63, 3.8) is 0 Å². The fourth-order valence-corrected chi connectivity index (χ4v) is 1.92. The monoisotopic (exact) mass is 323 g/mol. The van der Waals surface area contributed by atoms with E-state index in [-0.39, 0.29) is 11.7 Å². The van der Waals surface area contributed by atoms with Crippen molar-refractivity contribution >= 4 is 24.1 Å². The molecular weight excluding hydrogens is 302 g/mol. The van der Waals surface area contributed by atoms with E-state index in [1.165, 1.54) is 12.3 Å². The number of hydrogen-bond acceptors (Lipinski definition) is 5. The molecule has 1 atom stereocenters. The number of carbonyl (C=O) groups is 2. The second-order valence-corrected chi connectivity index (χ2v) is 4.88. The van der Waals surface area contributed by atoms with Crippen molar-refractivity contribution in [2.24, 2.45) is 21.5 Å². The normalized spacial score (nSPS) is 17.4. The molecule has 0 spiro atoms. The van der Waals surface area contributed by atoms with Gasteiger partial charge in [0.25, 0.3) is 0 Å². The Hall–Kier alpha value is -2.84. The average molecular weight is 323 g/mol. The average Bonchev–Trinajstić information content (AvgIpc) is 2.49. The van der Waals surface area contributed by atoms with Crippen LogP contribution < -0.4 is 16.8 Å². The van der Waals surface area contributed by atoms with E-state index in [1.807, 2.05) is 0 Å². The molecule has 0 saturated carbocycles. The summed E-state index contributed by atoms with van der Waals surface area (Å²) in [6.07, 6.45) is 5.97. The van der Waals surface area contributed by atoms with Gasteiger partial charge in [0.05, 0.1) is 0 Å². The summed E-state index contributed by atoms with van der Waals surface area (Å²) in [6, 6.07) is -0.884. The first-order chi connectivity index (χ1) is 10.9. The van der Waals surface area contributed by atoms with Gasteiger partial charge in [0.15, 0.2) is 5.96 Å². The van der Waals surface area contributed by atoms with Crippen LogP contribution in [-0.4, -0.2) is 53.5 Å². The molecule has 0 aromatic heterocycles. The van der Waals surface area contributed by atoms with Crippen LogP contribution in [0.4, 0.5) is 0 Å². The lowest BCUT2D eigenvalue weighted by molar-refractivity contribution is -0.138. The lowest BCUT2D eigenvalue weighted by atomic mass is 10.1. The van der Waals surface area contributed by atoms with E-state index in [1.54, 1.807) is 6.08 Å². The lowest BCUT2D eigenvalue weighted by Crippen LogP contribution is -2.25. The van der Waals surface area contributed by atoms with E-state index < -0.39 is 18.0 Å². The van der Waals surface area contributed by atoms with Crippen LogP contribution in [0.2, 0.25) is 0 Å². The number of guanidine groups is 1. The van der Waals surface area contributed by atoms with Gasteiger partial charge in [-0.3, -0.25) is 9.98 Å². The summed E-state index contributed by atoms with van der Waals surface area (Å²) in [7, 11) is 0. The molecule has 1 rings (SSSR count). The Bertz CT molecular complexity index is 562. The maximum absolute atomic E-state index is 11.1. The van der Waals surface area contributed by atoms with Gasteiger partial charge in [-0.15, -0.1) is 0 Å². The number of nitrogens with zero attached hydrogens (tertiary/aromatic N) is 2. The number of carboxylic acid groups (broad SMARTS) is 2. The van der Waals surface area contributed by atoms with Crippen molar-refractivity contribution in [1.82, 2.24) is 5.32 Å². The quantitative estimate of drug-likeness (QED) is 0.227. The van der Waals surface area contributed by atoms with Crippen LogP contribution in [0.3, 0.4) is 0 Å². The molecule has 7 N–H and O–H groups in total. The predicted molar refractivity (Wildman–Crippen MR) is 86.2 cm³/mol. The third kappa shape index (κ3) is 7.11. The molecule has 9 heteroatoms. The van der Waals surface area contributed by atoms with Gasteiger partial charge in [0.2, 0.25) is 0 Å². The van der Waals surface area contributed by atoms with Crippen LogP contribution in [0.15, 0.2) is 33.4 Å². The zero-order valence-corrected chi connectivity index (χ0v) is 12.6. The molecule has 1 unspecified atom stereocenters. The van der Waals surface area contributed by atoms with Crippen LogP contribution in [0.1, 0.15) is 19.3 Å². The van der Waals surface area contributed by atoms with E-state index >= 15 is 0 Å². The first-order valence-corrected chi connectivity index (χ1v) is 7.09. The van der Waals surface area contributed by atoms with E-state index in [2.05, 4.69) is 15.3 Å². The van der Waals surface area contributed by atoms with Gasteiger partial charge in [0.1, 0.15) is 11.7 Å². The highest BCUT2D eigenvalue weighted by molar-refractivity contribution is 5.87. The zero-order valence-electron chi connectivity index (χ0n) is 12.6. The van der Waals surface area contributed by atoms with Crippen molar-refractivity contribution < 1.29 is 19.8 Å². The largest absolute Gasteiger partial charge is 0.480 e. The predicted octanol–water partition coefficient (Wildman–Crippen LogP) is -0.548. The molecule has 0 fully saturated rings. The van der Waals surface area contributed by atoms with Crippen LogP contribution in [-0.2, 0) is 9.59 Å². The highest BCUT2D eigenvalue weighted by Crippen LogP contribution is 2.11. The molecule has 1 aliphatic heterocycles. The number of aliphatic carboxylic acids is 2. The molecular formula is C14H21N5O4. The van der Waals surface area contributed by atoms with E-state index in [9.17, 15) is 9.59 Å². The third-order valence-corrected chi connectivity index (χ3v) is 3.06. The molecule has 0 aliphatic carbocycles. The molecule has 0 amide bonds. The number of carboxylic acids is 2. The Morgan fingerprint density at radius 1 is 1.39 bits per heavy atom. The zero-order chi connectivity index (χ0) is 17.2. The molecule has 0 radical (unpaired) electrons. The number of rotatable bonds is 8. The van der Waals surface area contributed by atoms with Gasteiger partial charge < -0.3 is 27.0 Å². The van der Waals surface area contributed by atoms with Crippen LogP contribution in [0, 0.1) is 0 Å². The molecule has 0 bridgehead atoms. The smallest absolute Gasteiger partial charge is 0.351 e. The first kappa shape index (κ1) is 18.2. The Kier molecular flexibility index (Phi) is 7.31. The second-order valence-electron chi connectivity index (χ2n) is 4.88. The molecule has 126 valence electrons. The fourth-order valence-electron chi connectivity index (χ4n) is 1.92. The molecule has 9 nitrogen and oxygen atoms in total. The number of hydrogen-bond donors (Lipinski definition) is 5. The van der Waals surface area contributed by atoms with Gasteiger partial charge in [-0.05, 0) is 37.0 Å². The van der Waals surface area contributed by atoms with Crippen molar-refractivity contribution in [3.05, 3.63) is 23.4 Å². The summed E-state index contributed by atoms with van der Waals surface area (Å²) in [5.74, 6) is -2.09. The fraction of sp³-hybridized carbons (Fsp3) is 0.429. The Labute approximate surface area is 133 Å². The minimum atomic E-state index is -1.03. The summed E-state index contributed by atoms with van der Waals surface area (Å²) in [5, 5.41) is 20.8. The lowest BCUT2D eigenvalue weighted by Gasteiger charge is -2.14. The van der Waals surface area contributed by atoms with Gasteiger partial charge in [0, 0.05) is 19.3 Å². The van der Waals surface area contributed by atoms with E-state index in [0.29, 0.717) is 32.4 Å². The molecule has 0 aromatic carbocycles. The molecule has 0 aromatic rings. The van der Waals surface area contributed by atoms with Crippen molar-refractivity contribution in [2.75, 3.05) is 13.1 Å². The number of aliphatic imine (C=N–C) groups is 2. The maximum atomic E-state index is 11.1. The van der Waals surface area contributed by atoms with Gasteiger partial charge in [-0.1, -0.05) is 0 Å². The summed E-state index contributed by atoms with van der Waals surface area (Å²) in [5.41, 5.74) is 11.3. The molecule has 0 saturated heterocycles. The third-order valence-electron chi connectivity index (χ3n) is 3.06. The summed E-state index contributed by atoms with van der Waals surface area (Å²) < 4.78 is 0. The number of nitrogens with one attached hydrogen (secondary N) is 1. The van der Waals surface area contributed by atoms with Crippen LogP contribution in [0.5, 0.6) is 0 Å². The minimum absolute atomic E-state index is 0.0305.